The van der Waals surface area contributed by atoms with Gasteiger partial charge in [0.25, 0.3) is 0 Å². The molecule has 3 aliphatic heterocycles. The lowest BCUT2D eigenvalue weighted by atomic mass is 9.33. The zero-order valence-electron chi connectivity index (χ0n) is 39.0. The van der Waals surface area contributed by atoms with Crippen LogP contribution in [0.5, 0.6) is 0 Å². The number of carbonyl (C=O) groups is 1. The van der Waals surface area contributed by atoms with Crippen molar-refractivity contribution in [3.05, 3.63) is 11.6 Å². The molecule has 16 heteroatoms. The van der Waals surface area contributed by atoms with Gasteiger partial charge in [0.15, 0.2) is 12.6 Å². The van der Waals surface area contributed by atoms with Crippen LogP contribution in [-0.4, -0.2) is 157 Å². The zero-order chi connectivity index (χ0) is 46.7. The molecule has 5 aliphatic carbocycles. The SMILES string of the molecule is C[C@@H]1O[C@@H](O[C@H]2[C@H](O)[C@@H](O)[C@H](OC[C@H]3O[C@@H](OC(=O)[C@]45CCC(C)(C)C[C@H]4C4=CC[C@@H]6[C@@]7(C)CCCC(C)(C)[C@@H]7CC[C@@]6(C)[C@]4(C)CC5)[C@H](O)[C@@H](O)[C@@H]3O)O[C@@H]2CO)[C@H](O)[C@H](O)[C@H]1O. The maximum atomic E-state index is 14.9. The maximum Gasteiger partial charge on any atom is 0.315 e. The highest BCUT2D eigenvalue weighted by Crippen LogP contribution is 2.76. The monoisotopic (exact) mass is 911 g/mol. The second-order valence-corrected chi connectivity index (χ2v) is 23.5. The van der Waals surface area contributed by atoms with Crippen molar-refractivity contribution < 1.29 is 79.2 Å². The first-order valence-corrected chi connectivity index (χ1v) is 24.1. The van der Waals surface area contributed by atoms with E-state index < -0.39 is 117 Å². The average Bonchev–Trinajstić information content (AvgIpc) is 3.23. The smallest absolute Gasteiger partial charge is 0.315 e. The van der Waals surface area contributed by atoms with E-state index in [0.29, 0.717) is 30.1 Å². The summed E-state index contributed by atoms with van der Waals surface area (Å²) in [6.07, 6.45) is -10.5. The molecule has 7 fully saturated rings. The minimum atomic E-state index is -1.83. The highest BCUT2D eigenvalue weighted by molar-refractivity contribution is 5.79. The predicted molar refractivity (Wildman–Crippen MR) is 227 cm³/mol. The van der Waals surface area contributed by atoms with Gasteiger partial charge in [-0.1, -0.05) is 66.5 Å². The van der Waals surface area contributed by atoms with Crippen molar-refractivity contribution in [2.45, 2.75) is 218 Å². The molecule has 0 aromatic heterocycles. The molecule has 0 radical (unpaired) electrons. The van der Waals surface area contributed by atoms with Crippen molar-refractivity contribution in [3.8, 4) is 0 Å². The molecule has 0 aromatic carbocycles. The molecule has 22 atom stereocenters. The Kier molecular flexibility index (Phi) is 13.2. The third kappa shape index (κ3) is 7.77. The summed E-state index contributed by atoms with van der Waals surface area (Å²) in [7, 11) is 0. The normalized spacial score (nSPS) is 53.4. The molecule has 8 aliphatic rings. The van der Waals surface area contributed by atoms with Gasteiger partial charge in [-0.25, -0.2) is 0 Å². The van der Waals surface area contributed by atoms with E-state index in [-0.39, 0.29) is 27.6 Å². The van der Waals surface area contributed by atoms with E-state index >= 15 is 0 Å². The molecule has 0 amide bonds. The third-order valence-corrected chi connectivity index (χ3v) is 19.0. The largest absolute Gasteiger partial charge is 0.432 e. The van der Waals surface area contributed by atoms with Gasteiger partial charge in [0.05, 0.1) is 24.7 Å². The Morgan fingerprint density at radius 3 is 2.03 bits per heavy atom. The van der Waals surface area contributed by atoms with Crippen LogP contribution in [0.1, 0.15) is 126 Å². The minimum absolute atomic E-state index is 0.0258. The highest BCUT2D eigenvalue weighted by atomic mass is 16.8. The van der Waals surface area contributed by atoms with E-state index in [1.165, 1.54) is 38.2 Å². The van der Waals surface area contributed by atoms with Crippen LogP contribution in [0.4, 0.5) is 0 Å². The lowest BCUT2D eigenvalue weighted by Crippen LogP contribution is -2.65. The first-order valence-electron chi connectivity index (χ1n) is 24.1. The summed E-state index contributed by atoms with van der Waals surface area (Å²) in [5, 5.41) is 96.4. The zero-order valence-corrected chi connectivity index (χ0v) is 39.0. The Hall–Kier alpha value is -1.35. The highest BCUT2D eigenvalue weighted by Gasteiger charge is 2.69. The molecule has 0 spiro atoms. The Labute approximate surface area is 377 Å². The molecule has 366 valence electrons. The molecule has 0 aromatic rings. The number of hydrogen-bond donors (Lipinski definition) is 9. The predicted octanol–water partition coefficient (Wildman–Crippen LogP) is 2.20. The van der Waals surface area contributed by atoms with Crippen LogP contribution in [0.3, 0.4) is 0 Å². The van der Waals surface area contributed by atoms with E-state index in [0.717, 1.165) is 32.1 Å². The van der Waals surface area contributed by atoms with Crippen molar-refractivity contribution in [2.75, 3.05) is 13.2 Å². The van der Waals surface area contributed by atoms with Gasteiger partial charge in [0.1, 0.15) is 67.1 Å². The van der Waals surface area contributed by atoms with Crippen molar-refractivity contribution >= 4 is 5.97 Å². The van der Waals surface area contributed by atoms with Crippen LogP contribution in [0.15, 0.2) is 11.6 Å². The number of allylic oxidation sites excluding steroid dienone is 2. The lowest BCUT2D eigenvalue weighted by molar-refractivity contribution is -0.361. The number of esters is 1. The average molecular weight is 911 g/mol. The van der Waals surface area contributed by atoms with E-state index in [2.05, 4.69) is 54.5 Å². The first kappa shape index (κ1) is 49.1. The molecular formula is C48H78O16. The van der Waals surface area contributed by atoms with Gasteiger partial charge in [-0.3, -0.25) is 4.79 Å². The van der Waals surface area contributed by atoms with Gasteiger partial charge in [-0.15, -0.1) is 0 Å². The van der Waals surface area contributed by atoms with Gasteiger partial charge in [0.2, 0.25) is 6.29 Å². The van der Waals surface area contributed by atoms with E-state index in [1.54, 1.807) is 0 Å². The molecule has 3 saturated heterocycles. The topological polar surface area (TPSA) is 255 Å². The van der Waals surface area contributed by atoms with Crippen LogP contribution >= 0.6 is 0 Å². The van der Waals surface area contributed by atoms with Crippen molar-refractivity contribution in [1.29, 1.82) is 0 Å². The van der Waals surface area contributed by atoms with Gasteiger partial charge in [0, 0.05) is 0 Å². The number of rotatable bonds is 8. The van der Waals surface area contributed by atoms with Crippen molar-refractivity contribution in [2.24, 2.45) is 50.2 Å². The number of ether oxygens (including phenoxy) is 6. The molecule has 0 bridgehead atoms. The molecule has 4 saturated carbocycles. The number of aliphatic hydroxyl groups excluding tert-OH is 9. The van der Waals surface area contributed by atoms with Gasteiger partial charge >= 0.3 is 5.97 Å². The molecule has 9 N–H and O–H groups in total. The number of hydrogen-bond acceptors (Lipinski definition) is 16. The number of fused-ring (bicyclic) bond motifs is 7. The Morgan fingerprint density at radius 2 is 1.33 bits per heavy atom. The van der Waals surface area contributed by atoms with Crippen LogP contribution < -0.4 is 0 Å². The fourth-order valence-electron chi connectivity index (χ4n) is 14.9. The van der Waals surface area contributed by atoms with Gasteiger partial charge in [-0.2, -0.15) is 0 Å². The molecule has 16 nitrogen and oxygen atoms in total. The summed E-state index contributed by atoms with van der Waals surface area (Å²) in [4.78, 5) is 14.9. The first-order chi connectivity index (χ1) is 29.9. The van der Waals surface area contributed by atoms with Crippen molar-refractivity contribution in [1.82, 2.24) is 0 Å². The summed E-state index contributed by atoms with van der Waals surface area (Å²) in [5.41, 5.74) is 0.928. The summed E-state index contributed by atoms with van der Waals surface area (Å²) in [6, 6.07) is 0. The van der Waals surface area contributed by atoms with Crippen LogP contribution in [0.2, 0.25) is 0 Å². The number of carbonyl (C=O) groups excluding carboxylic acids is 1. The molecule has 8 rings (SSSR count). The molecule has 3 heterocycles. The fraction of sp³-hybridized carbons (Fsp3) is 0.938. The quantitative estimate of drug-likeness (QED) is 0.125. The Balaban J connectivity index is 0.971. The molecule has 0 unspecified atom stereocenters. The van der Waals surface area contributed by atoms with Gasteiger partial charge in [-0.05, 0) is 116 Å². The maximum absolute atomic E-state index is 14.9. The summed E-state index contributed by atoms with van der Waals surface area (Å²) in [5.74, 6) is 0.608. The van der Waals surface area contributed by atoms with Gasteiger partial charge < -0.3 is 74.4 Å². The van der Waals surface area contributed by atoms with Crippen molar-refractivity contribution in [3.63, 3.8) is 0 Å². The molecular weight excluding hydrogens is 833 g/mol. The Morgan fingerprint density at radius 1 is 0.688 bits per heavy atom. The van der Waals surface area contributed by atoms with E-state index in [9.17, 15) is 50.8 Å². The fourth-order valence-corrected chi connectivity index (χ4v) is 14.9. The third-order valence-electron chi connectivity index (χ3n) is 19.0. The van der Waals surface area contributed by atoms with Crippen LogP contribution in [0, 0.1) is 50.2 Å². The van der Waals surface area contributed by atoms with Crippen LogP contribution in [-0.2, 0) is 33.2 Å². The Bertz CT molecular complexity index is 1740. The number of aliphatic hydroxyl groups is 9. The summed E-state index contributed by atoms with van der Waals surface area (Å²) >= 11 is 0. The lowest BCUT2D eigenvalue weighted by Gasteiger charge is -2.71. The van der Waals surface area contributed by atoms with E-state index in [4.69, 9.17) is 28.4 Å². The second kappa shape index (κ2) is 17.3. The second-order valence-electron chi connectivity index (χ2n) is 23.5. The van der Waals surface area contributed by atoms with E-state index in [1.807, 2.05) is 0 Å². The van der Waals surface area contributed by atoms with Crippen LogP contribution in [0.25, 0.3) is 0 Å². The summed E-state index contributed by atoms with van der Waals surface area (Å²) < 4.78 is 34.8. The minimum Gasteiger partial charge on any atom is -0.432 e. The summed E-state index contributed by atoms with van der Waals surface area (Å²) in [6.45, 7) is 17.2. The molecule has 64 heavy (non-hydrogen) atoms. The standard InChI is InChI=1S/C48H78O16/c1-23-30(50)32(52)35(55)40(60-23)63-38-26(21-49)61-39(37(57)34(38)54)59-22-27-31(51)33(53)36(56)41(62-27)64-42(58)48-18-16-43(2,3)20-25(48)24-10-11-29-45(6)14-9-13-44(4,5)28(45)12-15-47(29,8)46(24,7)17-19-48/h10,23,25-41,49-57H,9,11-22H2,1-8H3/t23-,25-,26+,27+,28-,29+,30-,31+,32+,33-,34+,35+,36+,37+,38+,39+,40-,41-,45-,46+,47+,48-/m0/s1.